The quantitative estimate of drug-likeness (QED) is 0.181. The first kappa shape index (κ1) is 30.3. The van der Waals surface area contributed by atoms with E-state index in [0.717, 1.165) is 60.9 Å². The zero-order chi connectivity index (χ0) is 35.6. The van der Waals surface area contributed by atoms with Crippen LogP contribution < -0.4 is 0 Å². The Hall–Kier alpha value is -7.37. The molecule has 54 heavy (non-hydrogen) atoms. The van der Waals surface area contributed by atoms with Gasteiger partial charge >= 0.3 is 0 Å². The van der Waals surface area contributed by atoms with Gasteiger partial charge in [0, 0.05) is 49.3 Å². The summed E-state index contributed by atoms with van der Waals surface area (Å²) in [5.74, 6) is 1.87. The summed E-state index contributed by atoms with van der Waals surface area (Å²) in [6.45, 7) is 0. The van der Waals surface area contributed by atoms with Crippen LogP contribution in [0.1, 0.15) is 0 Å². The number of benzene rings is 8. The minimum Gasteiger partial charge on any atom is -0.309 e. The van der Waals surface area contributed by atoms with Crippen LogP contribution in [0.4, 0.5) is 0 Å². The maximum absolute atomic E-state index is 5.28. The summed E-state index contributed by atoms with van der Waals surface area (Å²) >= 11 is 0. The maximum atomic E-state index is 5.28. The fraction of sp³-hybridized carbons (Fsp3) is 0. The van der Waals surface area contributed by atoms with Gasteiger partial charge in [-0.15, -0.1) is 0 Å². The number of rotatable bonds is 5. The smallest absolute Gasteiger partial charge is 0.164 e. The molecule has 8 aromatic carbocycles. The van der Waals surface area contributed by atoms with Gasteiger partial charge < -0.3 is 9.13 Å². The Balaban J connectivity index is 1.17. The predicted molar refractivity (Wildman–Crippen MR) is 222 cm³/mol. The fourth-order valence-electron chi connectivity index (χ4n) is 8.10. The molecule has 0 unspecified atom stereocenters. The van der Waals surface area contributed by atoms with Gasteiger partial charge in [0.05, 0.1) is 27.8 Å². The Morgan fingerprint density at radius 3 is 1.43 bits per heavy atom. The number of nitrogens with zero attached hydrogens (tertiary/aromatic N) is 5. The molecule has 0 aliphatic heterocycles. The van der Waals surface area contributed by atoms with Gasteiger partial charge in [-0.05, 0) is 53.9 Å². The molecule has 0 N–H and O–H groups in total. The first-order valence-corrected chi connectivity index (χ1v) is 18.2. The molecule has 5 nitrogen and oxygen atoms in total. The third kappa shape index (κ3) is 4.76. The number of fused-ring (bicyclic) bond motifs is 7. The third-order valence-corrected chi connectivity index (χ3v) is 10.5. The van der Waals surface area contributed by atoms with Gasteiger partial charge in [0.1, 0.15) is 0 Å². The molecular formula is C49H31N5. The van der Waals surface area contributed by atoms with E-state index in [1.54, 1.807) is 0 Å². The molecule has 0 aliphatic rings. The lowest BCUT2D eigenvalue weighted by molar-refractivity contribution is 1.07. The summed E-state index contributed by atoms with van der Waals surface area (Å²) in [6, 6.07) is 66.2. The highest BCUT2D eigenvalue weighted by Gasteiger charge is 2.19. The van der Waals surface area contributed by atoms with E-state index in [2.05, 4.69) is 179 Å². The topological polar surface area (TPSA) is 48.5 Å². The van der Waals surface area contributed by atoms with Crippen molar-refractivity contribution in [1.29, 1.82) is 0 Å². The molecule has 5 heteroatoms. The first-order chi connectivity index (χ1) is 26.8. The van der Waals surface area contributed by atoms with Gasteiger partial charge in [-0.1, -0.05) is 140 Å². The lowest BCUT2D eigenvalue weighted by atomic mass is 10.0. The van der Waals surface area contributed by atoms with E-state index in [1.165, 1.54) is 21.5 Å². The van der Waals surface area contributed by atoms with Gasteiger partial charge in [-0.25, -0.2) is 15.0 Å². The van der Waals surface area contributed by atoms with Crippen molar-refractivity contribution in [3.8, 4) is 45.5 Å². The second-order valence-corrected chi connectivity index (χ2v) is 13.7. The second kappa shape index (κ2) is 12.1. The van der Waals surface area contributed by atoms with Gasteiger partial charge in [0.15, 0.2) is 17.5 Å². The van der Waals surface area contributed by atoms with Crippen LogP contribution in [0.2, 0.25) is 0 Å². The molecule has 11 rings (SSSR count). The third-order valence-electron chi connectivity index (χ3n) is 10.5. The average molecular weight is 690 g/mol. The van der Waals surface area contributed by atoms with Gasteiger partial charge in [-0.2, -0.15) is 0 Å². The van der Waals surface area contributed by atoms with Crippen molar-refractivity contribution < 1.29 is 0 Å². The summed E-state index contributed by atoms with van der Waals surface area (Å²) in [6.07, 6.45) is 0. The zero-order valence-corrected chi connectivity index (χ0v) is 29.1. The summed E-state index contributed by atoms with van der Waals surface area (Å²) in [5, 5.41) is 7.10. The zero-order valence-electron chi connectivity index (χ0n) is 29.1. The van der Waals surface area contributed by atoms with Crippen LogP contribution in [-0.2, 0) is 0 Å². The van der Waals surface area contributed by atoms with E-state index in [9.17, 15) is 0 Å². The molecule has 0 amide bonds. The molecule has 11 aromatic rings. The van der Waals surface area contributed by atoms with Gasteiger partial charge in [-0.3, -0.25) is 0 Å². The highest BCUT2D eigenvalue weighted by atomic mass is 15.0. The molecular weight excluding hydrogens is 659 g/mol. The summed E-state index contributed by atoms with van der Waals surface area (Å²) in [4.78, 5) is 15.6. The second-order valence-electron chi connectivity index (χ2n) is 13.7. The van der Waals surface area contributed by atoms with Crippen molar-refractivity contribution in [2.24, 2.45) is 0 Å². The van der Waals surface area contributed by atoms with Crippen molar-refractivity contribution >= 4 is 54.4 Å². The monoisotopic (exact) mass is 689 g/mol. The Kier molecular flexibility index (Phi) is 6.79. The normalized spacial score (nSPS) is 11.7. The standard InChI is InChI=1S/C49H31N5/c1-3-15-32(16-4-1)47-50-48(34-27-28-41-40-23-9-12-24-42(40)53(46(41)30-34)36-18-5-2-6-19-36)52-49(51-47)35-29-33-17-7-8-20-37(33)45(31-35)54-43-25-13-10-21-38(43)39-22-11-14-26-44(39)54/h1-31H. The number of aromatic nitrogens is 5. The van der Waals surface area contributed by atoms with Gasteiger partial charge in [0.2, 0.25) is 0 Å². The molecule has 0 saturated heterocycles. The molecule has 0 atom stereocenters. The minimum absolute atomic E-state index is 0.621. The number of hydrogen-bond acceptors (Lipinski definition) is 3. The fourth-order valence-corrected chi connectivity index (χ4v) is 8.10. The van der Waals surface area contributed by atoms with Crippen LogP contribution in [0.25, 0.3) is 99.9 Å². The Labute approximate surface area is 311 Å². The lowest BCUT2D eigenvalue weighted by Crippen LogP contribution is -2.02. The van der Waals surface area contributed by atoms with E-state index in [1.807, 2.05) is 18.2 Å². The number of hydrogen-bond donors (Lipinski definition) is 0. The van der Waals surface area contributed by atoms with Crippen LogP contribution in [-0.4, -0.2) is 24.1 Å². The van der Waals surface area contributed by atoms with E-state index in [-0.39, 0.29) is 0 Å². The molecule has 3 heterocycles. The Morgan fingerprint density at radius 1 is 0.296 bits per heavy atom. The molecule has 0 radical (unpaired) electrons. The Morgan fingerprint density at radius 2 is 0.778 bits per heavy atom. The van der Waals surface area contributed by atoms with E-state index < -0.39 is 0 Å². The van der Waals surface area contributed by atoms with Crippen molar-refractivity contribution in [3.05, 3.63) is 188 Å². The highest BCUT2D eigenvalue weighted by Crippen LogP contribution is 2.38. The predicted octanol–water partition coefficient (Wildman–Crippen LogP) is 12.2. The molecule has 0 saturated carbocycles. The van der Waals surface area contributed by atoms with Crippen LogP contribution in [0, 0.1) is 0 Å². The maximum Gasteiger partial charge on any atom is 0.164 e. The molecule has 0 bridgehead atoms. The number of para-hydroxylation sites is 4. The van der Waals surface area contributed by atoms with E-state index in [4.69, 9.17) is 15.0 Å². The summed E-state index contributed by atoms with van der Waals surface area (Å²) in [7, 11) is 0. The van der Waals surface area contributed by atoms with E-state index >= 15 is 0 Å². The van der Waals surface area contributed by atoms with Crippen molar-refractivity contribution in [2.45, 2.75) is 0 Å². The van der Waals surface area contributed by atoms with Crippen LogP contribution in [0.15, 0.2) is 188 Å². The molecule has 3 aromatic heterocycles. The van der Waals surface area contributed by atoms with Gasteiger partial charge in [0.25, 0.3) is 0 Å². The minimum atomic E-state index is 0.621. The van der Waals surface area contributed by atoms with Crippen molar-refractivity contribution in [3.63, 3.8) is 0 Å². The van der Waals surface area contributed by atoms with Crippen molar-refractivity contribution in [1.82, 2.24) is 24.1 Å². The van der Waals surface area contributed by atoms with E-state index in [0.29, 0.717) is 17.5 Å². The van der Waals surface area contributed by atoms with Crippen LogP contribution in [0.5, 0.6) is 0 Å². The first-order valence-electron chi connectivity index (χ1n) is 18.2. The highest BCUT2D eigenvalue weighted by molar-refractivity contribution is 6.11. The summed E-state index contributed by atoms with van der Waals surface area (Å²) in [5.41, 5.74) is 9.54. The average Bonchev–Trinajstić information content (AvgIpc) is 3.76. The lowest BCUT2D eigenvalue weighted by Gasteiger charge is -2.15. The van der Waals surface area contributed by atoms with Crippen LogP contribution in [0.3, 0.4) is 0 Å². The van der Waals surface area contributed by atoms with Crippen LogP contribution >= 0.6 is 0 Å². The Bertz CT molecular complexity index is 3160. The molecule has 0 spiro atoms. The summed E-state index contributed by atoms with van der Waals surface area (Å²) < 4.78 is 4.71. The molecule has 0 fully saturated rings. The molecule has 252 valence electrons. The van der Waals surface area contributed by atoms with Crippen molar-refractivity contribution in [2.75, 3.05) is 0 Å². The molecule has 0 aliphatic carbocycles. The largest absolute Gasteiger partial charge is 0.309 e. The SMILES string of the molecule is c1ccc(-c2nc(-c3cc(-n4c5ccccc5c5ccccc54)c4ccccc4c3)nc(-c3ccc4c5ccccc5n(-c5ccccc5)c4c3)n2)cc1.